The molecular formula is C16H12BrClN2O2. The molecule has 2 aromatic carbocycles. The van der Waals surface area contributed by atoms with Crippen LogP contribution < -0.4 is 4.74 Å². The fraction of sp³-hybridized carbons (Fsp3) is 0.125. The molecule has 0 saturated carbocycles. The van der Waals surface area contributed by atoms with Crippen molar-refractivity contribution in [1.29, 1.82) is 0 Å². The van der Waals surface area contributed by atoms with Gasteiger partial charge in [-0.25, -0.2) is 0 Å². The molecule has 0 fully saturated rings. The van der Waals surface area contributed by atoms with Crippen molar-refractivity contribution in [3.63, 3.8) is 0 Å². The summed E-state index contributed by atoms with van der Waals surface area (Å²) in [4.78, 5) is 0. The molecular weight excluding hydrogens is 368 g/mol. The van der Waals surface area contributed by atoms with Gasteiger partial charge in [0.1, 0.15) is 5.75 Å². The number of aryl methyl sites for hydroxylation is 1. The van der Waals surface area contributed by atoms with Crippen molar-refractivity contribution < 1.29 is 9.15 Å². The average Bonchev–Trinajstić information content (AvgIpc) is 2.98. The van der Waals surface area contributed by atoms with Gasteiger partial charge < -0.3 is 9.15 Å². The number of halogens is 2. The molecule has 0 bridgehead atoms. The first-order valence-electron chi connectivity index (χ1n) is 6.59. The quantitative estimate of drug-likeness (QED) is 0.637. The topological polar surface area (TPSA) is 48.2 Å². The molecule has 0 saturated heterocycles. The lowest BCUT2D eigenvalue weighted by molar-refractivity contribution is 0.264. The largest absolute Gasteiger partial charge is 0.484 e. The minimum Gasteiger partial charge on any atom is -0.484 e. The van der Waals surface area contributed by atoms with E-state index in [2.05, 4.69) is 26.1 Å². The molecule has 0 aliphatic carbocycles. The Morgan fingerprint density at radius 2 is 1.91 bits per heavy atom. The van der Waals surface area contributed by atoms with Gasteiger partial charge >= 0.3 is 0 Å². The van der Waals surface area contributed by atoms with Crippen LogP contribution in [0.2, 0.25) is 5.02 Å². The van der Waals surface area contributed by atoms with Gasteiger partial charge in [-0.05, 0) is 55.0 Å². The lowest BCUT2D eigenvalue weighted by atomic mass is 10.2. The molecule has 3 rings (SSSR count). The van der Waals surface area contributed by atoms with Crippen LogP contribution in [-0.4, -0.2) is 10.2 Å². The second kappa shape index (κ2) is 6.50. The monoisotopic (exact) mass is 378 g/mol. The maximum Gasteiger partial charge on any atom is 0.254 e. The number of rotatable bonds is 4. The van der Waals surface area contributed by atoms with Crippen LogP contribution >= 0.6 is 27.5 Å². The van der Waals surface area contributed by atoms with E-state index in [4.69, 9.17) is 20.8 Å². The van der Waals surface area contributed by atoms with Crippen molar-refractivity contribution >= 4 is 27.5 Å². The van der Waals surface area contributed by atoms with Gasteiger partial charge in [0.15, 0.2) is 6.61 Å². The van der Waals surface area contributed by atoms with Crippen molar-refractivity contribution in [2.45, 2.75) is 13.5 Å². The summed E-state index contributed by atoms with van der Waals surface area (Å²) in [5.41, 5.74) is 1.82. The van der Waals surface area contributed by atoms with Gasteiger partial charge in [0, 0.05) is 15.1 Å². The number of benzene rings is 2. The molecule has 0 aliphatic rings. The average molecular weight is 380 g/mol. The molecule has 0 aliphatic heterocycles. The Morgan fingerprint density at radius 3 is 2.64 bits per heavy atom. The predicted octanol–water partition coefficient (Wildman–Crippen LogP) is 5.04. The van der Waals surface area contributed by atoms with Gasteiger partial charge in [0.2, 0.25) is 5.89 Å². The third kappa shape index (κ3) is 3.48. The standard InChI is InChI=1S/C16H12BrClN2O2/c1-10-8-13(6-7-14(10)18)21-9-15-19-20-16(22-15)11-2-4-12(17)5-3-11/h2-8H,9H2,1H3. The van der Waals surface area contributed by atoms with Crippen LogP contribution in [0.4, 0.5) is 0 Å². The van der Waals surface area contributed by atoms with Crippen LogP contribution in [0.15, 0.2) is 51.4 Å². The van der Waals surface area contributed by atoms with Crippen molar-refractivity contribution in [3.05, 3.63) is 63.4 Å². The van der Waals surface area contributed by atoms with Gasteiger partial charge in [-0.15, -0.1) is 10.2 Å². The van der Waals surface area contributed by atoms with E-state index in [1.807, 2.05) is 37.3 Å². The van der Waals surface area contributed by atoms with Crippen LogP contribution in [0.1, 0.15) is 11.5 Å². The van der Waals surface area contributed by atoms with Crippen molar-refractivity contribution in [2.24, 2.45) is 0 Å². The minimum absolute atomic E-state index is 0.213. The van der Waals surface area contributed by atoms with E-state index >= 15 is 0 Å². The molecule has 0 unspecified atom stereocenters. The molecule has 0 spiro atoms. The number of nitrogens with zero attached hydrogens (tertiary/aromatic N) is 2. The van der Waals surface area contributed by atoms with Gasteiger partial charge in [0.25, 0.3) is 5.89 Å². The predicted molar refractivity (Wildman–Crippen MR) is 88.0 cm³/mol. The number of aromatic nitrogens is 2. The van der Waals surface area contributed by atoms with E-state index in [1.165, 1.54) is 0 Å². The summed E-state index contributed by atoms with van der Waals surface area (Å²) in [6.07, 6.45) is 0. The Hall–Kier alpha value is -1.85. The fourth-order valence-electron chi connectivity index (χ4n) is 1.87. The fourth-order valence-corrected chi connectivity index (χ4v) is 2.25. The van der Waals surface area contributed by atoms with Gasteiger partial charge in [-0.3, -0.25) is 0 Å². The highest BCUT2D eigenvalue weighted by atomic mass is 79.9. The minimum atomic E-state index is 0.213. The van der Waals surface area contributed by atoms with E-state index in [-0.39, 0.29) is 6.61 Å². The zero-order valence-electron chi connectivity index (χ0n) is 11.7. The third-order valence-electron chi connectivity index (χ3n) is 3.05. The highest BCUT2D eigenvalue weighted by Crippen LogP contribution is 2.23. The molecule has 0 radical (unpaired) electrons. The molecule has 0 atom stereocenters. The normalized spacial score (nSPS) is 10.7. The number of ether oxygens (including phenoxy) is 1. The van der Waals surface area contributed by atoms with Crippen LogP contribution in [0, 0.1) is 6.92 Å². The third-order valence-corrected chi connectivity index (χ3v) is 4.00. The molecule has 6 heteroatoms. The van der Waals surface area contributed by atoms with E-state index in [9.17, 15) is 0 Å². The van der Waals surface area contributed by atoms with Gasteiger partial charge in [0.05, 0.1) is 0 Å². The highest BCUT2D eigenvalue weighted by molar-refractivity contribution is 9.10. The summed E-state index contributed by atoms with van der Waals surface area (Å²) >= 11 is 9.37. The van der Waals surface area contributed by atoms with Crippen LogP contribution in [0.25, 0.3) is 11.5 Å². The van der Waals surface area contributed by atoms with Crippen LogP contribution in [-0.2, 0) is 6.61 Å². The Balaban J connectivity index is 1.69. The maximum atomic E-state index is 5.98. The zero-order chi connectivity index (χ0) is 15.5. The summed E-state index contributed by atoms with van der Waals surface area (Å²) < 4.78 is 12.2. The van der Waals surface area contributed by atoms with E-state index < -0.39 is 0 Å². The molecule has 22 heavy (non-hydrogen) atoms. The molecule has 3 aromatic rings. The first-order chi connectivity index (χ1) is 10.6. The summed E-state index contributed by atoms with van der Waals surface area (Å²) in [5, 5.41) is 8.73. The van der Waals surface area contributed by atoms with Crippen LogP contribution in [0.5, 0.6) is 5.75 Å². The maximum absolute atomic E-state index is 5.98. The SMILES string of the molecule is Cc1cc(OCc2nnc(-c3ccc(Br)cc3)o2)ccc1Cl. The number of hydrogen-bond acceptors (Lipinski definition) is 4. The smallest absolute Gasteiger partial charge is 0.254 e. The van der Waals surface area contributed by atoms with Crippen molar-refractivity contribution in [2.75, 3.05) is 0 Å². The van der Waals surface area contributed by atoms with E-state index in [0.29, 0.717) is 22.6 Å². The molecule has 4 nitrogen and oxygen atoms in total. The second-order valence-corrected chi connectivity index (χ2v) is 6.03. The van der Waals surface area contributed by atoms with Gasteiger partial charge in [-0.1, -0.05) is 27.5 Å². The van der Waals surface area contributed by atoms with Crippen molar-refractivity contribution in [3.8, 4) is 17.2 Å². The summed E-state index contributed by atoms with van der Waals surface area (Å²) in [7, 11) is 0. The number of hydrogen-bond donors (Lipinski definition) is 0. The Labute approximate surface area is 141 Å². The summed E-state index contributed by atoms with van der Waals surface area (Å²) in [6, 6.07) is 13.1. The first kappa shape index (κ1) is 15.1. The second-order valence-electron chi connectivity index (χ2n) is 4.71. The zero-order valence-corrected chi connectivity index (χ0v) is 14.1. The highest BCUT2D eigenvalue weighted by Gasteiger charge is 2.09. The van der Waals surface area contributed by atoms with Crippen molar-refractivity contribution in [1.82, 2.24) is 10.2 Å². The Bertz CT molecular complexity index is 787. The molecule has 1 aromatic heterocycles. The lowest BCUT2D eigenvalue weighted by Crippen LogP contribution is -1.96. The first-order valence-corrected chi connectivity index (χ1v) is 7.76. The Kier molecular flexibility index (Phi) is 4.45. The Morgan fingerprint density at radius 1 is 1.14 bits per heavy atom. The lowest BCUT2D eigenvalue weighted by Gasteiger charge is -2.05. The van der Waals surface area contributed by atoms with E-state index in [0.717, 1.165) is 15.6 Å². The van der Waals surface area contributed by atoms with Crippen LogP contribution in [0.3, 0.4) is 0 Å². The molecule has 112 valence electrons. The molecule has 0 amide bonds. The van der Waals surface area contributed by atoms with Gasteiger partial charge in [-0.2, -0.15) is 0 Å². The molecule has 0 N–H and O–H groups in total. The molecule has 1 heterocycles. The summed E-state index contributed by atoms with van der Waals surface area (Å²) in [6.45, 7) is 2.14. The summed E-state index contributed by atoms with van der Waals surface area (Å²) in [5.74, 6) is 1.61. The van der Waals surface area contributed by atoms with E-state index in [1.54, 1.807) is 12.1 Å².